The lowest BCUT2D eigenvalue weighted by Crippen LogP contribution is -2.27. The molecular formula is C20H20N2O3. The van der Waals surface area contributed by atoms with Gasteiger partial charge < -0.3 is 14.2 Å². The van der Waals surface area contributed by atoms with Crippen molar-refractivity contribution in [2.24, 2.45) is 5.92 Å². The first-order chi connectivity index (χ1) is 12.2. The largest absolute Gasteiger partial charge is 0.459 e. The highest BCUT2D eigenvalue weighted by Crippen LogP contribution is 2.46. The van der Waals surface area contributed by atoms with Crippen LogP contribution in [-0.4, -0.2) is 17.4 Å². The molecule has 0 saturated heterocycles. The maximum Gasteiger partial charge on any atom is 0.263 e. The van der Waals surface area contributed by atoms with Gasteiger partial charge in [-0.1, -0.05) is 30.3 Å². The van der Waals surface area contributed by atoms with Crippen LogP contribution >= 0.6 is 0 Å². The molecule has 0 bridgehead atoms. The van der Waals surface area contributed by atoms with Crippen LogP contribution in [0.3, 0.4) is 0 Å². The van der Waals surface area contributed by atoms with Crippen molar-refractivity contribution in [3.8, 4) is 11.7 Å². The molecule has 1 saturated carbocycles. The van der Waals surface area contributed by atoms with Gasteiger partial charge in [0.1, 0.15) is 5.76 Å². The summed E-state index contributed by atoms with van der Waals surface area (Å²) >= 11 is 0. The Morgan fingerprint density at radius 1 is 1.24 bits per heavy atom. The molecule has 5 nitrogen and oxygen atoms in total. The maximum absolute atomic E-state index is 12.2. The standard InChI is InChI=1S/C20H20N2O3/c1-13-17(22-20(25-13)18-8-5-9-24-18)11-19(23)21-12-15-10-16(15)14-6-3-2-4-7-14/h2-9,15-16H,10-12H2,1H3,(H,21,23). The summed E-state index contributed by atoms with van der Waals surface area (Å²) in [6, 6.07) is 14.0. The minimum absolute atomic E-state index is 0.0268. The van der Waals surface area contributed by atoms with Crippen molar-refractivity contribution in [3.63, 3.8) is 0 Å². The molecule has 25 heavy (non-hydrogen) atoms. The molecule has 2 aromatic heterocycles. The van der Waals surface area contributed by atoms with Gasteiger partial charge in [0, 0.05) is 6.54 Å². The number of furan rings is 1. The van der Waals surface area contributed by atoms with E-state index in [9.17, 15) is 4.79 Å². The Morgan fingerprint density at radius 3 is 2.84 bits per heavy atom. The monoisotopic (exact) mass is 336 g/mol. The van der Waals surface area contributed by atoms with Crippen LogP contribution in [0.4, 0.5) is 0 Å². The van der Waals surface area contributed by atoms with E-state index in [-0.39, 0.29) is 12.3 Å². The van der Waals surface area contributed by atoms with Gasteiger partial charge in [0.2, 0.25) is 5.91 Å². The van der Waals surface area contributed by atoms with Crippen molar-refractivity contribution in [3.05, 3.63) is 65.7 Å². The number of oxazole rings is 1. The minimum Gasteiger partial charge on any atom is -0.459 e. The second kappa shape index (κ2) is 6.59. The topological polar surface area (TPSA) is 68.3 Å². The number of rotatable bonds is 6. The van der Waals surface area contributed by atoms with Crippen LogP contribution in [0.15, 0.2) is 57.6 Å². The summed E-state index contributed by atoms with van der Waals surface area (Å²) in [6.45, 7) is 2.52. The zero-order valence-corrected chi connectivity index (χ0v) is 14.1. The molecule has 0 radical (unpaired) electrons. The highest BCUT2D eigenvalue weighted by atomic mass is 16.4. The number of hydrogen-bond donors (Lipinski definition) is 1. The van der Waals surface area contributed by atoms with Crippen LogP contribution in [0.1, 0.15) is 29.4 Å². The Kier molecular flexibility index (Phi) is 4.14. The van der Waals surface area contributed by atoms with E-state index in [0.29, 0.717) is 41.5 Å². The van der Waals surface area contributed by atoms with Crippen molar-refractivity contribution in [2.75, 3.05) is 6.54 Å². The lowest BCUT2D eigenvalue weighted by atomic mass is 10.1. The number of nitrogens with zero attached hydrogens (tertiary/aromatic N) is 1. The highest BCUT2D eigenvalue weighted by Gasteiger charge is 2.38. The zero-order valence-electron chi connectivity index (χ0n) is 14.1. The van der Waals surface area contributed by atoms with Crippen LogP contribution in [0, 0.1) is 12.8 Å². The lowest BCUT2D eigenvalue weighted by molar-refractivity contribution is -0.120. The smallest absolute Gasteiger partial charge is 0.263 e. The van der Waals surface area contributed by atoms with E-state index < -0.39 is 0 Å². The fourth-order valence-electron chi connectivity index (χ4n) is 3.14. The molecule has 128 valence electrons. The summed E-state index contributed by atoms with van der Waals surface area (Å²) in [6.07, 6.45) is 2.93. The number of nitrogens with one attached hydrogen (secondary N) is 1. The van der Waals surface area contributed by atoms with Gasteiger partial charge in [-0.3, -0.25) is 4.79 Å². The lowest BCUT2D eigenvalue weighted by Gasteiger charge is -2.04. The quantitative estimate of drug-likeness (QED) is 0.745. The van der Waals surface area contributed by atoms with E-state index in [4.69, 9.17) is 8.83 Å². The number of aromatic nitrogens is 1. The van der Waals surface area contributed by atoms with Crippen molar-refractivity contribution in [1.82, 2.24) is 10.3 Å². The molecule has 1 N–H and O–H groups in total. The second-order valence-corrected chi connectivity index (χ2v) is 6.49. The molecule has 3 aromatic rings. The molecule has 1 aliphatic rings. The van der Waals surface area contributed by atoms with Gasteiger partial charge in [0.15, 0.2) is 5.76 Å². The Bertz CT molecular complexity index is 852. The molecule has 4 rings (SSSR count). The average molecular weight is 336 g/mol. The van der Waals surface area contributed by atoms with Gasteiger partial charge in [-0.2, -0.15) is 0 Å². The van der Waals surface area contributed by atoms with Gasteiger partial charge in [-0.15, -0.1) is 0 Å². The first-order valence-corrected chi connectivity index (χ1v) is 8.52. The van der Waals surface area contributed by atoms with Crippen molar-refractivity contribution in [2.45, 2.75) is 25.7 Å². The third-order valence-electron chi connectivity index (χ3n) is 4.66. The van der Waals surface area contributed by atoms with Crippen LogP contribution in [-0.2, 0) is 11.2 Å². The second-order valence-electron chi connectivity index (χ2n) is 6.49. The predicted octanol–water partition coefficient (Wildman–Crippen LogP) is 3.71. The number of aryl methyl sites for hydroxylation is 1. The molecule has 2 heterocycles. The van der Waals surface area contributed by atoms with E-state index in [1.807, 2.05) is 13.0 Å². The van der Waals surface area contributed by atoms with E-state index in [1.165, 1.54) is 5.56 Å². The Labute approximate surface area is 146 Å². The summed E-state index contributed by atoms with van der Waals surface area (Å²) in [5.74, 6) is 2.70. The van der Waals surface area contributed by atoms with Gasteiger partial charge in [-0.25, -0.2) is 4.98 Å². The molecular weight excluding hydrogens is 316 g/mol. The van der Waals surface area contributed by atoms with E-state index in [0.717, 1.165) is 6.42 Å². The van der Waals surface area contributed by atoms with Crippen LogP contribution in [0.2, 0.25) is 0 Å². The van der Waals surface area contributed by atoms with E-state index >= 15 is 0 Å². The molecule has 2 atom stereocenters. The van der Waals surface area contributed by atoms with E-state index in [2.05, 4.69) is 34.6 Å². The number of carbonyl (C=O) groups is 1. The zero-order chi connectivity index (χ0) is 17.2. The molecule has 0 spiro atoms. The number of hydrogen-bond acceptors (Lipinski definition) is 4. The Balaban J connectivity index is 1.30. The summed E-state index contributed by atoms with van der Waals surface area (Å²) in [7, 11) is 0. The Morgan fingerprint density at radius 2 is 2.08 bits per heavy atom. The van der Waals surface area contributed by atoms with Gasteiger partial charge in [0.05, 0.1) is 18.4 Å². The third-order valence-corrected chi connectivity index (χ3v) is 4.66. The van der Waals surface area contributed by atoms with Crippen molar-refractivity contribution >= 4 is 5.91 Å². The molecule has 5 heteroatoms. The van der Waals surface area contributed by atoms with Crippen molar-refractivity contribution < 1.29 is 13.6 Å². The molecule has 1 amide bonds. The molecule has 0 aliphatic heterocycles. The first-order valence-electron chi connectivity index (χ1n) is 8.52. The highest BCUT2D eigenvalue weighted by molar-refractivity contribution is 5.78. The predicted molar refractivity (Wildman–Crippen MR) is 92.9 cm³/mol. The van der Waals surface area contributed by atoms with Crippen LogP contribution < -0.4 is 5.32 Å². The molecule has 2 unspecified atom stereocenters. The summed E-state index contributed by atoms with van der Waals surface area (Å²) in [5, 5.41) is 3.02. The van der Waals surface area contributed by atoms with Gasteiger partial charge in [0.25, 0.3) is 5.89 Å². The van der Waals surface area contributed by atoms with Gasteiger partial charge >= 0.3 is 0 Å². The number of amides is 1. The van der Waals surface area contributed by atoms with Gasteiger partial charge in [-0.05, 0) is 42.9 Å². The van der Waals surface area contributed by atoms with Crippen LogP contribution in [0.25, 0.3) is 11.7 Å². The normalized spacial score (nSPS) is 18.9. The fraction of sp³-hybridized carbons (Fsp3) is 0.300. The van der Waals surface area contributed by atoms with Crippen LogP contribution in [0.5, 0.6) is 0 Å². The number of benzene rings is 1. The minimum atomic E-state index is -0.0268. The third kappa shape index (κ3) is 3.50. The SMILES string of the molecule is Cc1oc(-c2ccco2)nc1CC(=O)NCC1CC1c1ccccc1. The Hall–Kier alpha value is -2.82. The summed E-state index contributed by atoms with van der Waals surface area (Å²) < 4.78 is 10.9. The molecule has 1 fully saturated rings. The average Bonchev–Trinajstić information content (AvgIpc) is 3.00. The first kappa shape index (κ1) is 15.7. The number of carbonyl (C=O) groups excluding carboxylic acids is 1. The summed E-state index contributed by atoms with van der Waals surface area (Å²) in [4.78, 5) is 16.6. The maximum atomic E-state index is 12.2. The van der Waals surface area contributed by atoms with E-state index in [1.54, 1.807) is 18.4 Å². The molecule has 1 aromatic carbocycles. The summed E-state index contributed by atoms with van der Waals surface area (Å²) in [5.41, 5.74) is 2.01. The fourth-order valence-corrected chi connectivity index (χ4v) is 3.14. The van der Waals surface area contributed by atoms with Crippen molar-refractivity contribution in [1.29, 1.82) is 0 Å². The molecule has 1 aliphatic carbocycles.